The number of carbonyl (C=O) groups is 3. The van der Waals surface area contributed by atoms with Gasteiger partial charge in [-0.05, 0) is 30.5 Å². The number of hydrogen-bond acceptors (Lipinski definition) is 5. The first-order valence-electron chi connectivity index (χ1n) is 9.18. The number of carboxylic acid groups (broad SMARTS) is 2. The summed E-state index contributed by atoms with van der Waals surface area (Å²) in [7, 11) is 0. The van der Waals surface area contributed by atoms with Gasteiger partial charge in [0.1, 0.15) is 5.02 Å². The SMILES string of the molecule is O=C(O)COc1c(C(=O)O)sc(-c2cccc(NC(=O)C3CCCCC3)c2)c1Cl. The summed E-state index contributed by atoms with van der Waals surface area (Å²) < 4.78 is 5.10. The first-order valence-corrected chi connectivity index (χ1v) is 10.4. The van der Waals surface area contributed by atoms with Gasteiger partial charge in [-0.25, -0.2) is 9.59 Å². The molecule has 9 heteroatoms. The number of carbonyl (C=O) groups excluding carboxylic acids is 1. The number of ether oxygens (including phenoxy) is 1. The smallest absolute Gasteiger partial charge is 0.349 e. The molecule has 1 saturated carbocycles. The minimum atomic E-state index is -1.26. The average Bonchev–Trinajstić information content (AvgIpc) is 3.04. The van der Waals surface area contributed by atoms with Gasteiger partial charge in [-0.2, -0.15) is 0 Å². The van der Waals surface area contributed by atoms with Gasteiger partial charge in [0.05, 0.1) is 4.88 Å². The summed E-state index contributed by atoms with van der Waals surface area (Å²) in [6.07, 6.45) is 5.04. The number of halogens is 1. The highest BCUT2D eigenvalue weighted by Gasteiger charge is 2.25. The lowest BCUT2D eigenvalue weighted by Crippen LogP contribution is -2.24. The van der Waals surface area contributed by atoms with Gasteiger partial charge in [-0.15, -0.1) is 11.3 Å². The van der Waals surface area contributed by atoms with Crippen LogP contribution in [-0.2, 0) is 9.59 Å². The molecule has 1 aliphatic carbocycles. The molecule has 0 spiro atoms. The Morgan fingerprint density at radius 1 is 1.17 bits per heavy atom. The lowest BCUT2D eigenvalue weighted by molar-refractivity contribution is -0.139. The molecule has 154 valence electrons. The zero-order chi connectivity index (χ0) is 21.0. The molecule has 1 fully saturated rings. The summed E-state index contributed by atoms with van der Waals surface area (Å²) >= 11 is 7.21. The predicted octanol–water partition coefficient (Wildman–Crippen LogP) is 4.75. The van der Waals surface area contributed by atoms with Crippen molar-refractivity contribution in [2.45, 2.75) is 32.1 Å². The lowest BCUT2D eigenvalue weighted by Gasteiger charge is -2.20. The number of thiophene rings is 1. The Kier molecular flexibility index (Phi) is 6.76. The minimum Gasteiger partial charge on any atom is -0.479 e. The normalized spacial score (nSPS) is 14.4. The van der Waals surface area contributed by atoms with Crippen LogP contribution in [0.4, 0.5) is 5.69 Å². The molecular weight excluding hydrogens is 418 g/mol. The van der Waals surface area contributed by atoms with Crippen LogP contribution in [0.5, 0.6) is 5.75 Å². The molecule has 1 aromatic heterocycles. The fraction of sp³-hybridized carbons (Fsp3) is 0.350. The van der Waals surface area contributed by atoms with Crippen LogP contribution in [0.1, 0.15) is 41.8 Å². The molecule has 0 saturated heterocycles. The fourth-order valence-electron chi connectivity index (χ4n) is 3.33. The molecule has 0 bridgehead atoms. The number of hydrogen-bond donors (Lipinski definition) is 3. The second-order valence-electron chi connectivity index (χ2n) is 6.80. The Bertz CT molecular complexity index is 935. The topological polar surface area (TPSA) is 113 Å². The van der Waals surface area contributed by atoms with E-state index in [0.717, 1.165) is 43.4 Å². The third-order valence-electron chi connectivity index (χ3n) is 4.71. The van der Waals surface area contributed by atoms with E-state index >= 15 is 0 Å². The Hall–Kier alpha value is -2.58. The monoisotopic (exact) mass is 437 g/mol. The maximum absolute atomic E-state index is 12.5. The zero-order valence-electron chi connectivity index (χ0n) is 15.4. The molecular formula is C20H20ClNO6S. The van der Waals surface area contributed by atoms with Gasteiger partial charge in [0.2, 0.25) is 5.91 Å². The molecule has 3 rings (SSSR count). The number of aliphatic carboxylic acids is 1. The van der Waals surface area contributed by atoms with Crippen LogP contribution >= 0.6 is 22.9 Å². The molecule has 2 aromatic rings. The maximum atomic E-state index is 12.5. The van der Waals surface area contributed by atoms with Gasteiger partial charge in [-0.1, -0.05) is 43.0 Å². The van der Waals surface area contributed by atoms with Crippen molar-refractivity contribution in [1.82, 2.24) is 0 Å². The molecule has 0 unspecified atom stereocenters. The van der Waals surface area contributed by atoms with E-state index in [1.807, 2.05) is 0 Å². The van der Waals surface area contributed by atoms with E-state index in [1.54, 1.807) is 24.3 Å². The predicted molar refractivity (Wildman–Crippen MR) is 110 cm³/mol. The van der Waals surface area contributed by atoms with E-state index in [-0.39, 0.29) is 27.5 Å². The number of anilines is 1. The second kappa shape index (κ2) is 9.28. The van der Waals surface area contributed by atoms with Gasteiger partial charge in [0.25, 0.3) is 0 Å². The van der Waals surface area contributed by atoms with Gasteiger partial charge in [-0.3, -0.25) is 4.79 Å². The van der Waals surface area contributed by atoms with Crippen molar-refractivity contribution in [3.63, 3.8) is 0 Å². The largest absolute Gasteiger partial charge is 0.479 e. The number of aromatic carboxylic acids is 1. The highest BCUT2D eigenvalue weighted by Crippen LogP contribution is 2.45. The van der Waals surface area contributed by atoms with Gasteiger partial charge < -0.3 is 20.3 Å². The summed E-state index contributed by atoms with van der Waals surface area (Å²) in [6, 6.07) is 6.94. The molecule has 1 aromatic carbocycles. The number of carboxylic acids is 2. The number of amides is 1. The lowest BCUT2D eigenvalue weighted by atomic mass is 9.88. The molecule has 1 aliphatic rings. The van der Waals surface area contributed by atoms with Crippen molar-refractivity contribution in [2.75, 3.05) is 11.9 Å². The first kappa shape index (κ1) is 21.1. The Labute approximate surface area is 176 Å². The highest BCUT2D eigenvalue weighted by atomic mass is 35.5. The maximum Gasteiger partial charge on any atom is 0.349 e. The van der Waals surface area contributed by atoms with E-state index in [4.69, 9.17) is 21.4 Å². The van der Waals surface area contributed by atoms with Crippen molar-refractivity contribution in [3.05, 3.63) is 34.2 Å². The number of rotatable bonds is 7. The van der Waals surface area contributed by atoms with Crippen molar-refractivity contribution in [3.8, 4) is 16.2 Å². The van der Waals surface area contributed by atoms with Crippen LogP contribution in [0.3, 0.4) is 0 Å². The van der Waals surface area contributed by atoms with E-state index in [2.05, 4.69) is 5.32 Å². The highest BCUT2D eigenvalue weighted by molar-refractivity contribution is 7.18. The molecule has 0 radical (unpaired) electrons. The van der Waals surface area contributed by atoms with Gasteiger partial charge >= 0.3 is 11.9 Å². The van der Waals surface area contributed by atoms with Crippen molar-refractivity contribution < 1.29 is 29.3 Å². The quantitative estimate of drug-likeness (QED) is 0.576. The Morgan fingerprint density at radius 2 is 1.90 bits per heavy atom. The van der Waals surface area contributed by atoms with Crippen LogP contribution in [0, 0.1) is 5.92 Å². The molecule has 1 amide bonds. The van der Waals surface area contributed by atoms with E-state index in [1.165, 1.54) is 0 Å². The number of benzene rings is 1. The third kappa shape index (κ3) is 5.07. The molecule has 0 aliphatic heterocycles. The minimum absolute atomic E-state index is 0.00682. The van der Waals surface area contributed by atoms with Crippen molar-refractivity contribution >= 4 is 46.5 Å². The third-order valence-corrected chi connectivity index (χ3v) is 6.39. The Morgan fingerprint density at radius 3 is 2.55 bits per heavy atom. The molecule has 1 heterocycles. The second-order valence-corrected chi connectivity index (χ2v) is 8.19. The molecule has 0 atom stereocenters. The summed E-state index contributed by atoms with van der Waals surface area (Å²) in [5.41, 5.74) is 1.20. The van der Waals surface area contributed by atoms with Crippen LogP contribution in [0.25, 0.3) is 10.4 Å². The van der Waals surface area contributed by atoms with Crippen molar-refractivity contribution in [1.29, 1.82) is 0 Å². The first-order chi connectivity index (χ1) is 13.9. The van der Waals surface area contributed by atoms with E-state index in [0.29, 0.717) is 16.1 Å². The van der Waals surface area contributed by atoms with Crippen molar-refractivity contribution in [2.24, 2.45) is 5.92 Å². The molecule has 7 nitrogen and oxygen atoms in total. The van der Waals surface area contributed by atoms with Crippen LogP contribution in [-0.4, -0.2) is 34.7 Å². The van der Waals surface area contributed by atoms with Crippen LogP contribution in [0.15, 0.2) is 24.3 Å². The van der Waals surface area contributed by atoms with E-state index in [9.17, 15) is 19.5 Å². The van der Waals surface area contributed by atoms with Crippen LogP contribution < -0.4 is 10.1 Å². The number of nitrogens with one attached hydrogen (secondary N) is 1. The molecule has 29 heavy (non-hydrogen) atoms. The summed E-state index contributed by atoms with van der Waals surface area (Å²) in [4.78, 5) is 35.0. The van der Waals surface area contributed by atoms with E-state index < -0.39 is 18.5 Å². The summed E-state index contributed by atoms with van der Waals surface area (Å²) in [5, 5.41) is 21.1. The molecule has 3 N–H and O–H groups in total. The standard InChI is InChI=1S/C20H20ClNO6S/c21-15-16(28-10-14(23)24)18(20(26)27)29-17(15)12-7-4-8-13(9-12)22-19(25)11-5-2-1-3-6-11/h4,7-9,11H,1-3,5-6,10H2,(H,22,25)(H,23,24)(H,26,27). The fourth-order valence-corrected chi connectivity index (χ4v) is 4.73. The Balaban J connectivity index is 1.86. The van der Waals surface area contributed by atoms with Gasteiger partial charge in [0.15, 0.2) is 17.2 Å². The summed E-state index contributed by atoms with van der Waals surface area (Å²) in [6.45, 7) is -0.701. The van der Waals surface area contributed by atoms with Gasteiger partial charge in [0, 0.05) is 11.6 Å². The average molecular weight is 438 g/mol. The van der Waals surface area contributed by atoms with Crippen LogP contribution in [0.2, 0.25) is 5.02 Å². The summed E-state index contributed by atoms with van der Waals surface area (Å²) in [5.74, 6) is -2.68. The zero-order valence-corrected chi connectivity index (χ0v) is 17.0.